The predicted octanol–water partition coefficient (Wildman–Crippen LogP) is 4.84. The average molecular weight is 326 g/mol. The van der Waals surface area contributed by atoms with Gasteiger partial charge in [0.2, 0.25) is 0 Å². The lowest BCUT2D eigenvalue weighted by atomic mass is 10.1. The Morgan fingerprint density at radius 3 is 2.36 bits per heavy atom. The number of fused-ring (bicyclic) bond motifs is 2. The number of para-hydroxylation sites is 1. The molecule has 0 atom stereocenters. The zero-order valence-electron chi connectivity index (χ0n) is 13.3. The van der Waals surface area contributed by atoms with Crippen molar-refractivity contribution in [2.24, 2.45) is 0 Å². The molecule has 4 aromatic rings. The van der Waals surface area contributed by atoms with Crippen molar-refractivity contribution >= 4 is 33.6 Å². The maximum absolute atomic E-state index is 12.4. The number of benzene rings is 3. The zero-order valence-corrected chi connectivity index (χ0v) is 13.3. The predicted molar refractivity (Wildman–Crippen MR) is 99.8 cm³/mol. The lowest BCUT2D eigenvalue weighted by Crippen LogP contribution is -2.11. The van der Waals surface area contributed by atoms with Crippen LogP contribution in [0.2, 0.25) is 0 Å². The van der Waals surface area contributed by atoms with E-state index in [1.165, 1.54) is 6.08 Å². The van der Waals surface area contributed by atoms with Crippen LogP contribution in [0.15, 0.2) is 88.1 Å². The number of rotatable bonds is 3. The first-order valence-corrected chi connectivity index (χ1v) is 7.95. The van der Waals surface area contributed by atoms with Gasteiger partial charge in [-0.05, 0) is 40.6 Å². The van der Waals surface area contributed by atoms with Crippen molar-refractivity contribution in [3.63, 3.8) is 0 Å². The monoisotopic (exact) mass is 326 g/mol. The SMILES string of the molecule is O=C(C=Cc1ccc2ccccc2c1)c1cc2ccccc2oc1=O. The van der Waals surface area contributed by atoms with E-state index in [-0.39, 0.29) is 11.3 Å². The molecule has 120 valence electrons. The van der Waals surface area contributed by atoms with Gasteiger partial charge in [-0.2, -0.15) is 0 Å². The number of hydrogen-bond acceptors (Lipinski definition) is 3. The van der Waals surface area contributed by atoms with Gasteiger partial charge in [-0.25, -0.2) is 4.79 Å². The highest BCUT2D eigenvalue weighted by molar-refractivity contribution is 6.08. The number of carbonyl (C=O) groups is 1. The molecule has 0 spiro atoms. The van der Waals surface area contributed by atoms with Crippen molar-refractivity contribution in [2.75, 3.05) is 0 Å². The highest BCUT2D eigenvalue weighted by Gasteiger charge is 2.10. The van der Waals surface area contributed by atoms with E-state index in [0.29, 0.717) is 5.58 Å². The third-order valence-corrected chi connectivity index (χ3v) is 4.11. The van der Waals surface area contributed by atoms with Crippen molar-refractivity contribution < 1.29 is 9.21 Å². The molecule has 4 rings (SSSR count). The molecule has 1 aromatic heterocycles. The van der Waals surface area contributed by atoms with Crippen LogP contribution in [-0.4, -0.2) is 5.78 Å². The summed E-state index contributed by atoms with van der Waals surface area (Å²) in [6.45, 7) is 0. The minimum atomic E-state index is -0.619. The summed E-state index contributed by atoms with van der Waals surface area (Å²) in [7, 11) is 0. The van der Waals surface area contributed by atoms with Gasteiger partial charge in [-0.3, -0.25) is 4.79 Å². The summed E-state index contributed by atoms with van der Waals surface area (Å²) in [5.41, 5.74) is 0.794. The molecule has 3 nitrogen and oxygen atoms in total. The van der Waals surface area contributed by atoms with Crippen LogP contribution >= 0.6 is 0 Å². The lowest BCUT2D eigenvalue weighted by Gasteiger charge is -2.00. The summed E-state index contributed by atoms with van der Waals surface area (Å²) >= 11 is 0. The topological polar surface area (TPSA) is 47.3 Å². The van der Waals surface area contributed by atoms with E-state index in [2.05, 4.69) is 0 Å². The third-order valence-electron chi connectivity index (χ3n) is 4.11. The quantitative estimate of drug-likeness (QED) is 0.307. The number of allylic oxidation sites excluding steroid dienone is 1. The molecule has 0 aliphatic carbocycles. The van der Waals surface area contributed by atoms with E-state index in [9.17, 15) is 9.59 Å². The second-order valence-corrected chi connectivity index (χ2v) is 5.79. The minimum absolute atomic E-state index is 0.0377. The summed E-state index contributed by atoms with van der Waals surface area (Å²) in [6.07, 6.45) is 3.12. The summed E-state index contributed by atoms with van der Waals surface area (Å²) in [4.78, 5) is 24.4. The van der Waals surface area contributed by atoms with Crippen molar-refractivity contribution in [1.29, 1.82) is 0 Å². The van der Waals surface area contributed by atoms with E-state index in [4.69, 9.17) is 4.42 Å². The molecule has 25 heavy (non-hydrogen) atoms. The van der Waals surface area contributed by atoms with E-state index in [1.54, 1.807) is 24.3 Å². The summed E-state index contributed by atoms with van der Waals surface area (Å²) in [6, 6.07) is 22.7. The molecule has 0 radical (unpaired) electrons. The minimum Gasteiger partial charge on any atom is -0.422 e. The van der Waals surface area contributed by atoms with E-state index in [0.717, 1.165) is 21.7 Å². The second-order valence-electron chi connectivity index (χ2n) is 5.79. The fraction of sp³-hybridized carbons (Fsp3) is 0. The zero-order chi connectivity index (χ0) is 17.2. The summed E-state index contributed by atoms with van der Waals surface area (Å²) in [5.74, 6) is -0.368. The Hall–Kier alpha value is -3.46. The Balaban J connectivity index is 1.67. The van der Waals surface area contributed by atoms with Gasteiger partial charge >= 0.3 is 5.63 Å². The van der Waals surface area contributed by atoms with Gasteiger partial charge in [0.25, 0.3) is 0 Å². The van der Waals surface area contributed by atoms with E-state index in [1.807, 2.05) is 54.6 Å². The molecule has 0 saturated carbocycles. The Morgan fingerprint density at radius 2 is 1.52 bits per heavy atom. The van der Waals surface area contributed by atoms with Crippen molar-refractivity contribution in [3.8, 4) is 0 Å². The van der Waals surface area contributed by atoms with Crippen LogP contribution in [0.3, 0.4) is 0 Å². The van der Waals surface area contributed by atoms with Crippen LogP contribution in [0.25, 0.3) is 27.8 Å². The molecule has 3 aromatic carbocycles. The van der Waals surface area contributed by atoms with Crippen LogP contribution in [0.1, 0.15) is 15.9 Å². The molecular weight excluding hydrogens is 312 g/mol. The number of hydrogen-bond donors (Lipinski definition) is 0. The first-order chi connectivity index (χ1) is 12.2. The lowest BCUT2D eigenvalue weighted by molar-refractivity contribution is 0.104. The fourth-order valence-corrected chi connectivity index (χ4v) is 2.81. The van der Waals surface area contributed by atoms with Gasteiger partial charge in [0.05, 0.1) is 0 Å². The Bertz CT molecular complexity index is 1180. The molecule has 3 heteroatoms. The molecule has 0 aliphatic rings. The smallest absolute Gasteiger partial charge is 0.347 e. The highest BCUT2D eigenvalue weighted by Crippen LogP contribution is 2.17. The molecule has 0 amide bonds. The standard InChI is InChI=1S/C22H14O3/c23-20(19-14-18-7-3-4-8-21(18)25-22(19)24)12-10-15-9-11-16-5-1-2-6-17(16)13-15/h1-14H. The van der Waals surface area contributed by atoms with Crippen LogP contribution in [-0.2, 0) is 0 Å². The normalized spacial score (nSPS) is 11.4. The van der Waals surface area contributed by atoms with Crippen LogP contribution in [0.5, 0.6) is 0 Å². The Kier molecular flexibility index (Phi) is 3.75. The fourth-order valence-electron chi connectivity index (χ4n) is 2.81. The van der Waals surface area contributed by atoms with E-state index >= 15 is 0 Å². The molecule has 0 fully saturated rings. The first-order valence-electron chi connectivity index (χ1n) is 7.95. The van der Waals surface area contributed by atoms with Crippen molar-refractivity contribution in [2.45, 2.75) is 0 Å². The van der Waals surface area contributed by atoms with Crippen molar-refractivity contribution in [1.82, 2.24) is 0 Å². The highest BCUT2D eigenvalue weighted by atomic mass is 16.4. The molecule has 1 heterocycles. The van der Waals surface area contributed by atoms with Crippen molar-refractivity contribution in [3.05, 3.63) is 100 Å². The summed E-state index contributed by atoms with van der Waals surface area (Å²) < 4.78 is 5.21. The molecule has 0 bridgehead atoms. The molecule has 0 saturated heterocycles. The first kappa shape index (κ1) is 15.1. The Morgan fingerprint density at radius 1 is 0.800 bits per heavy atom. The van der Waals surface area contributed by atoms with Gasteiger partial charge in [0, 0.05) is 5.39 Å². The van der Waals surface area contributed by atoms with Crippen LogP contribution in [0.4, 0.5) is 0 Å². The second kappa shape index (κ2) is 6.21. The number of ketones is 1. The molecular formula is C22H14O3. The Labute approximate surface area is 143 Å². The third kappa shape index (κ3) is 3.00. The molecule has 0 N–H and O–H groups in total. The number of carbonyl (C=O) groups excluding carboxylic acids is 1. The van der Waals surface area contributed by atoms with Gasteiger partial charge in [-0.1, -0.05) is 60.7 Å². The van der Waals surface area contributed by atoms with Gasteiger partial charge in [0.1, 0.15) is 11.1 Å². The van der Waals surface area contributed by atoms with Gasteiger partial charge in [-0.15, -0.1) is 0 Å². The van der Waals surface area contributed by atoms with Crippen LogP contribution in [0, 0.1) is 0 Å². The maximum atomic E-state index is 12.4. The maximum Gasteiger partial charge on any atom is 0.347 e. The van der Waals surface area contributed by atoms with Gasteiger partial charge < -0.3 is 4.42 Å². The largest absolute Gasteiger partial charge is 0.422 e. The van der Waals surface area contributed by atoms with Crippen LogP contribution < -0.4 is 5.63 Å². The summed E-state index contributed by atoms with van der Waals surface area (Å²) in [5, 5.41) is 2.97. The van der Waals surface area contributed by atoms with E-state index < -0.39 is 5.63 Å². The molecule has 0 unspecified atom stereocenters. The average Bonchev–Trinajstić information content (AvgIpc) is 2.65. The van der Waals surface area contributed by atoms with Gasteiger partial charge in [0.15, 0.2) is 5.78 Å². The molecule has 0 aliphatic heterocycles.